The second kappa shape index (κ2) is 7.43. The summed E-state index contributed by atoms with van der Waals surface area (Å²) in [5.41, 5.74) is 0. The molecule has 0 aliphatic rings. The van der Waals surface area contributed by atoms with Crippen molar-refractivity contribution in [1.29, 1.82) is 0 Å². The minimum absolute atomic E-state index is 0.457. The Hall–Kier alpha value is -1.16. The van der Waals surface area contributed by atoms with Crippen LogP contribution < -0.4 is 0 Å². The monoisotopic (exact) mass is 288 g/mol. The summed E-state index contributed by atoms with van der Waals surface area (Å²) in [6, 6.07) is 20.3. The Labute approximate surface area is 122 Å². The van der Waals surface area contributed by atoms with Gasteiger partial charge in [0.15, 0.2) is 0 Å². The highest BCUT2D eigenvalue weighted by atomic mass is 32.2. The molecule has 1 N–H and O–H groups in total. The summed E-state index contributed by atoms with van der Waals surface area (Å²) in [5, 5.41) is 11.9. The third kappa shape index (κ3) is 4.78. The molecule has 0 amide bonds. The van der Waals surface area contributed by atoms with Crippen molar-refractivity contribution in [2.75, 3.05) is 0 Å². The van der Waals surface area contributed by atoms with Crippen LogP contribution in [0, 0.1) is 0 Å². The summed E-state index contributed by atoms with van der Waals surface area (Å²) >= 11 is 3.24. The fourth-order valence-electron chi connectivity index (χ4n) is 1.46. The van der Waals surface area contributed by atoms with Gasteiger partial charge in [-0.2, -0.15) is 0 Å². The van der Waals surface area contributed by atoms with E-state index in [-0.39, 0.29) is 0 Å². The molecular formula is C16H16OS2. The molecule has 0 radical (unpaired) electrons. The standard InChI is InChI=1S/C16H16OS2/c1-13(17)16(19-15-10-6-3-7-11-15)12-18-14-8-4-2-5-9-14/h2-13,17H,1H3/b16-12-. The van der Waals surface area contributed by atoms with Crippen molar-refractivity contribution in [3.63, 3.8) is 0 Å². The maximum Gasteiger partial charge on any atom is 0.0829 e. The molecule has 2 rings (SSSR count). The summed E-state index contributed by atoms with van der Waals surface area (Å²) in [7, 11) is 0. The fourth-order valence-corrected chi connectivity index (χ4v) is 3.29. The van der Waals surface area contributed by atoms with E-state index in [9.17, 15) is 5.11 Å². The van der Waals surface area contributed by atoms with Crippen molar-refractivity contribution >= 4 is 23.5 Å². The van der Waals surface area contributed by atoms with Gasteiger partial charge in [0.1, 0.15) is 0 Å². The highest BCUT2D eigenvalue weighted by molar-refractivity contribution is 8.06. The van der Waals surface area contributed by atoms with Gasteiger partial charge in [0, 0.05) is 14.7 Å². The topological polar surface area (TPSA) is 20.2 Å². The molecule has 98 valence electrons. The Morgan fingerprint density at radius 1 is 0.947 bits per heavy atom. The first-order chi connectivity index (χ1) is 9.25. The Bertz CT molecular complexity index is 521. The van der Waals surface area contributed by atoms with Crippen LogP contribution >= 0.6 is 23.5 Å². The normalized spacial score (nSPS) is 13.3. The summed E-state index contributed by atoms with van der Waals surface area (Å²) in [4.78, 5) is 3.28. The lowest BCUT2D eigenvalue weighted by Gasteiger charge is -2.10. The molecule has 0 saturated heterocycles. The summed E-state index contributed by atoms with van der Waals surface area (Å²) in [5.74, 6) is 0. The smallest absolute Gasteiger partial charge is 0.0829 e. The highest BCUT2D eigenvalue weighted by Crippen LogP contribution is 2.32. The van der Waals surface area contributed by atoms with Gasteiger partial charge in [0.05, 0.1) is 6.10 Å². The lowest BCUT2D eigenvalue weighted by atomic mass is 10.4. The van der Waals surface area contributed by atoms with Gasteiger partial charge in [-0.1, -0.05) is 59.9 Å². The molecule has 2 aromatic carbocycles. The summed E-state index contributed by atoms with van der Waals surface area (Å²) in [6.07, 6.45) is -0.457. The summed E-state index contributed by atoms with van der Waals surface area (Å²) < 4.78 is 0. The molecule has 1 nitrogen and oxygen atoms in total. The highest BCUT2D eigenvalue weighted by Gasteiger charge is 2.07. The third-order valence-corrected chi connectivity index (χ3v) is 4.71. The van der Waals surface area contributed by atoms with Crippen molar-refractivity contribution in [2.24, 2.45) is 0 Å². The number of thioether (sulfide) groups is 2. The lowest BCUT2D eigenvalue weighted by molar-refractivity contribution is 0.240. The molecule has 3 heteroatoms. The Balaban J connectivity index is 2.08. The minimum Gasteiger partial charge on any atom is -0.388 e. The first-order valence-electron chi connectivity index (χ1n) is 6.08. The molecule has 1 unspecified atom stereocenters. The first kappa shape index (κ1) is 14.3. The van der Waals surface area contributed by atoms with Crippen molar-refractivity contribution in [3.8, 4) is 0 Å². The van der Waals surface area contributed by atoms with Gasteiger partial charge >= 0.3 is 0 Å². The number of hydrogen-bond donors (Lipinski definition) is 1. The van der Waals surface area contributed by atoms with Crippen molar-refractivity contribution in [1.82, 2.24) is 0 Å². The zero-order valence-corrected chi connectivity index (χ0v) is 12.3. The van der Waals surface area contributed by atoms with E-state index in [1.165, 1.54) is 4.90 Å². The molecule has 0 aliphatic carbocycles. The Kier molecular flexibility index (Phi) is 5.58. The van der Waals surface area contributed by atoms with E-state index in [0.29, 0.717) is 0 Å². The molecule has 19 heavy (non-hydrogen) atoms. The van der Waals surface area contributed by atoms with Gasteiger partial charge in [-0.05, 0) is 36.6 Å². The largest absolute Gasteiger partial charge is 0.388 e. The SMILES string of the molecule is CC(O)/C(=C/Sc1ccccc1)Sc1ccccc1. The second-order valence-electron chi connectivity index (χ2n) is 4.04. The molecular weight excluding hydrogens is 272 g/mol. The van der Waals surface area contributed by atoms with Gasteiger partial charge in [-0.25, -0.2) is 0 Å². The number of hydrogen-bond acceptors (Lipinski definition) is 3. The minimum atomic E-state index is -0.457. The molecule has 0 aliphatic heterocycles. The average molecular weight is 288 g/mol. The van der Waals surface area contributed by atoms with Crippen LogP contribution in [0.15, 0.2) is 80.8 Å². The van der Waals surface area contributed by atoms with E-state index in [4.69, 9.17) is 0 Å². The molecule has 2 aromatic rings. The zero-order valence-electron chi connectivity index (χ0n) is 10.7. The van der Waals surface area contributed by atoms with Crippen LogP contribution in [0.3, 0.4) is 0 Å². The average Bonchev–Trinajstić information content (AvgIpc) is 2.45. The quantitative estimate of drug-likeness (QED) is 0.799. The number of aliphatic hydroxyl groups excluding tert-OH is 1. The molecule has 1 atom stereocenters. The maximum absolute atomic E-state index is 9.85. The van der Waals surface area contributed by atoms with Gasteiger partial charge < -0.3 is 5.11 Å². The molecule has 0 bridgehead atoms. The number of rotatable bonds is 5. The van der Waals surface area contributed by atoms with E-state index in [2.05, 4.69) is 12.1 Å². The van der Waals surface area contributed by atoms with Gasteiger partial charge in [-0.3, -0.25) is 0 Å². The molecule has 0 spiro atoms. The molecule has 0 saturated carbocycles. The molecule has 0 heterocycles. The van der Waals surface area contributed by atoms with E-state index in [0.717, 1.165) is 9.80 Å². The van der Waals surface area contributed by atoms with Crippen LogP contribution in [-0.4, -0.2) is 11.2 Å². The Morgan fingerprint density at radius 2 is 1.47 bits per heavy atom. The van der Waals surface area contributed by atoms with E-state index < -0.39 is 6.10 Å². The second-order valence-corrected chi connectivity index (χ2v) is 6.13. The van der Waals surface area contributed by atoms with E-state index in [1.807, 2.05) is 53.9 Å². The van der Waals surface area contributed by atoms with Crippen molar-refractivity contribution in [3.05, 3.63) is 71.0 Å². The lowest BCUT2D eigenvalue weighted by Crippen LogP contribution is -2.00. The third-order valence-electron chi connectivity index (χ3n) is 2.45. The van der Waals surface area contributed by atoms with E-state index in [1.54, 1.807) is 30.4 Å². The van der Waals surface area contributed by atoms with Gasteiger partial charge in [0.2, 0.25) is 0 Å². The van der Waals surface area contributed by atoms with Crippen LogP contribution in [0.1, 0.15) is 6.92 Å². The van der Waals surface area contributed by atoms with Crippen LogP contribution in [0.5, 0.6) is 0 Å². The maximum atomic E-state index is 9.85. The van der Waals surface area contributed by atoms with Crippen LogP contribution in [0.25, 0.3) is 0 Å². The Morgan fingerprint density at radius 3 is 2.00 bits per heavy atom. The number of aliphatic hydroxyl groups is 1. The van der Waals surface area contributed by atoms with Crippen molar-refractivity contribution < 1.29 is 5.11 Å². The molecule has 0 fully saturated rings. The predicted molar refractivity (Wildman–Crippen MR) is 84.4 cm³/mol. The van der Waals surface area contributed by atoms with Crippen LogP contribution in [0.2, 0.25) is 0 Å². The number of benzene rings is 2. The molecule has 0 aromatic heterocycles. The van der Waals surface area contributed by atoms with E-state index >= 15 is 0 Å². The van der Waals surface area contributed by atoms with Gasteiger partial charge in [-0.15, -0.1) is 0 Å². The fraction of sp³-hybridized carbons (Fsp3) is 0.125. The summed E-state index contributed by atoms with van der Waals surface area (Å²) in [6.45, 7) is 1.80. The van der Waals surface area contributed by atoms with Gasteiger partial charge in [0.25, 0.3) is 0 Å². The van der Waals surface area contributed by atoms with Crippen LogP contribution in [-0.2, 0) is 0 Å². The first-order valence-corrected chi connectivity index (χ1v) is 7.78. The van der Waals surface area contributed by atoms with Crippen molar-refractivity contribution in [2.45, 2.75) is 22.8 Å². The van der Waals surface area contributed by atoms with Crippen LogP contribution in [0.4, 0.5) is 0 Å². The predicted octanol–water partition coefficient (Wildman–Crippen LogP) is 4.79. The zero-order chi connectivity index (χ0) is 13.5.